The molecule has 16 aromatic carbocycles. The van der Waals surface area contributed by atoms with Crippen molar-refractivity contribution in [3.8, 4) is 77.9 Å². The quantitative estimate of drug-likeness (QED) is 0.149. The second-order valence-corrected chi connectivity index (χ2v) is 22.8. The Kier molecular flexibility index (Phi) is 10.7. The minimum absolute atomic E-state index is 0.868. The lowest BCUT2D eigenvalue weighted by molar-refractivity contribution is 0.669. The average Bonchev–Trinajstić information content (AvgIpc) is 1.32. The molecule has 2 heteroatoms. The molecular weight excluding hydrogens is 1040 g/mol. The minimum atomic E-state index is 0.868. The van der Waals surface area contributed by atoms with Crippen LogP contribution in [0.25, 0.3) is 186 Å². The van der Waals surface area contributed by atoms with E-state index in [0.717, 1.165) is 82.8 Å². The summed E-state index contributed by atoms with van der Waals surface area (Å²) >= 11 is 0. The maximum Gasteiger partial charge on any atom is 0.143 e. The van der Waals surface area contributed by atoms with Crippen LogP contribution in [-0.4, -0.2) is 0 Å². The van der Waals surface area contributed by atoms with Crippen molar-refractivity contribution in [2.45, 2.75) is 0 Å². The first kappa shape index (κ1) is 48.2. The first-order valence-electron chi connectivity index (χ1n) is 29.6. The van der Waals surface area contributed by atoms with E-state index in [2.05, 4.69) is 303 Å². The van der Waals surface area contributed by atoms with Gasteiger partial charge >= 0.3 is 0 Å². The van der Waals surface area contributed by atoms with Crippen LogP contribution in [-0.2, 0) is 0 Å². The van der Waals surface area contributed by atoms with Gasteiger partial charge in [-0.3, -0.25) is 0 Å². The molecule has 2 aromatic heterocycles. The molecule has 0 N–H and O–H groups in total. The largest absolute Gasteiger partial charge is 0.455 e. The van der Waals surface area contributed by atoms with Crippen LogP contribution in [0.5, 0.6) is 0 Å². The molecule has 0 saturated heterocycles. The molecule has 0 unspecified atom stereocenters. The minimum Gasteiger partial charge on any atom is -0.455 e. The van der Waals surface area contributed by atoms with Crippen molar-refractivity contribution in [1.29, 1.82) is 0 Å². The standard InChI is InChI=1S/C84H50O2/c1-2-22-52(23-3-1)57-40-20-43-74-81-72(42-21-45-76(81)86-83(57)74)79-66-35-12-10-33-64(66)78(65-34-11-13-36-67(65)79)70-48-46-56(59-29-6-7-30-60(59)70)53-26-18-27-54(50-53)58-47-49-73(82-71-39-16-17-44-75(71)85-84(58)82)80-68-37-14-8-31-62(68)77(63-32-9-15-38-69(63)80)61-41-19-25-51-24-4-5-28-55(51)61/h1-50H. The summed E-state index contributed by atoms with van der Waals surface area (Å²) in [7, 11) is 0. The zero-order chi connectivity index (χ0) is 56.4. The third-order valence-electron chi connectivity index (χ3n) is 18.3. The SMILES string of the molecule is c1ccc(-c2cccc3c2oc2cccc(-c4c5ccccc5c(-c5ccc(-c6cccc(-c7ccc(-c8c9ccccc9c(-c9cccc%10ccccc9%10)c9ccccc89)c8c7oc7ccccc78)c6)c6ccccc56)c5ccccc45)c23)cc1. The molecule has 398 valence electrons. The van der Waals surface area contributed by atoms with Crippen LogP contribution >= 0.6 is 0 Å². The second-order valence-electron chi connectivity index (χ2n) is 22.8. The van der Waals surface area contributed by atoms with Crippen molar-refractivity contribution in [2.75, 3.05) is 0 Å². The molecule has 0 atom stereocenters. The first-order chi connectivity index (χ1) is 42.7. The first-order valence-corrected chi connectivity index (χ1v) is 29.6. The molecule has 18 rings (SSSR count). The number of furan rings is 2. The van der Waals surface area contributed by atoms with Gasteiger partial charge in [-0.2, -0.15) is 0 Å². The van der Waals surface area contributed by atoms with Crippen molar-refractivity contribution in [1.82, 2.24) is 0 Å². The van der Waals surface area contributed by atoms with Gasteiger partial charge in [0, 0.05) is 32.7 Å². The fraction of sp³-hybridized carbons (Fsp3) is 0. The molecule has 86 heavy (non-hydrogen) atoms. The van der Waals surface area contributed by atoms with Gasteiger partial charge in [-0.15, -0.1) is 0 Å². The van der Waals surface area contributed by atoms with Crippen LogP contribution in [0.1, 0.15) is 0 Å². The lowest BCUT2D eigenvalue weighted by Crippen LogP contribution is -1.93. The van der Waals surface area contributed by atoms with E-state index in [1.807, 2.05) is 0 Å². The molecule has 0 aliphatic heterocycles. The van der Waals surface area contributed by atoms with E-state index < -0.39 is 0 Å². The van der Waals surface area contributed by atoms with E-state index in [1.165, 1.54) is 104 Å². The summed E-state index contributed by atoms with van der Waals surface area (Å²) in [6, 6.07) is 111. The van der Waals surface area contributed by atoms with Crippen molar-refractivity contribution < 1.29 is 8.83 Å². The highest BCUT2D eigenvalue weighted by Crippen LogP contribution is 2.52. The number of hydrogen-bond acceptors (Lipinski definition) is 2. The molecule has 2 nitrogen and oxygen atoms in total. The predicted octanol–water partition coefficient (Wildman–Crippen LogP) is 24.1. The molecule has 0 aliphatic rings. The second kappa shape index (κ2) is 19.1. The van der Waals surface area contributed by atoms with Crippen molar-refractivity contribution in [2.24, 2.45) is 0 Å². The average molecular weight is 1090 g/mol. The van der Waals surface area contributed by atoms with Gasteiger partial charge in [0.1, 0.15) is 22.3 Å². The van der Waals surface area contributed by atoms with Crippen molar-refractivity contribution >= 4 is 109 Å². The fourth-order valence-corrected chi connectivity index (χ4v) is 14.6. The number of benzene rings is 16. The summed E-state index contributed by atoms with van der Waals surface area (Å²) < 4.78 is 13.9. The summed E-state index contributed by atoms with van der Waals surface area (Å²) in [5.74, 6) is 0. The molecule has 0 bridgehead atoms. The molecule has 0 saturated carbocycles. The van der Waals surface area contributed by atoms with Crippen LogP contribution in [0.3, 0.4) is 0 Å². The molecule has 0 spiro atoms. The van der Waals surface area contributed by atoms with Crippen LogP contribution in [0.2, 0.25) is 0 Å². The van der Waals surface area contributed by atoms with Gasteiger partial charge < -0.3 is 8.83 Å². The number of para-hydroxylation sites is 2. The number of fused-ring (bicyclic) bond motifs is 12. The van der Waals surface area contributed by atoms with E-state index in [-0.39, 0.29) is 0 Å². The maximum atomic E-state index is 7.11. The Morgan fingerprint density at radius 2 is 0.523 bits per heavy atom. The van der Waals surface area contributed by atoms with Gasteiger partial charge in [0.2, 0.25) is 0 Å². The van der Waals surface area contributed by atoms with E-state index >= 15 is 0 Å². The Bertz CT molecular complexity index is 5720. The van der Waals surface area contributed by atoms with Crippen LogP contribution < -0.4 is 0 Å². The highest BCUT2D eigenvalue weighted by molar-refractivity contribution is 6.30. The van der Waals surface area contributed by atoms with E-state index in [0.29, 0.717) is 0 Å². The lowest BCUT2D eigenvalue weighted by atomic mass is 9.83. The Morgan fingerprint density at radius 3 is 1.16 bits per heavy atom. The maximum absolute atomic E-state index is 7.11. The molecule has 0 amide bonds. The summed E-state index contributed by atoms with van der Waals surface area (Å²) in [5, 5.41) is 19.0. The summed E-state index contributed by atoms with van der Waals surface area (Å²) in [5.41, 5.74) is 19.9. The predicted molar refractivity (Wildman–Crippen MR) is 364 cm³/mol. The Balaban J connectivity index is 0.801. The summed E-state index contributed by atoms with van der Waals surface area (Å²) in [6.07, 6.45) is 0. The van der Waals surface area contributed by atoms with Crippen LogP contribution in [0.15, 0.2) is 312 Å². The smallest absolute Gasteiger partial charge is 0.143 e. The third kappa shape index (κ3) is 7.20. The van der Waals surface area contributed by atoms with Gasteiger partial charge in [0.05, 0.1) is 0 Å². The zero-order valence-electron chi connectivity index (χ0n) is 46.7. The lowest BCUT2D eigenvalue weighted by Gasteiger charge is -2.20. The van der Waals surface area contributed by atoms with Gasteiger partial charge in [-0.1, -0.05) is 279 Å². The third-order valence-corrected chi connectivity index (χ3v) is 18.3. The van der Waals surface area contributed by atoms with E-state index in [4.69, 9.17) is 8.83 Å². The van der Waals surface area contributed by atoms with E-state index in [1.54, 1.807) is 0 Å². The normalized spacial score (nSPS) is 12.0. The summed E-state index contributed by atoms with van der Waals surface area (Å²) in [6.45, 7) is 0. The Labute approximate surface area is 495 Å². The van der Waals surface area contributed by atoms with Crippen LogP contribution in [0, 0.1) is 0 Å². The van der Waals surface area contributed by atoms with Gasteiger partial charge in [-0.05, 0) is 156 Å². The van der Waals surface area contributed by atoms with E-state index in [9.17, 15) is 0 Å². The van der Waals surface area contributed by atoms with Gasteiger partial charge in [0.25, 0.3) is 0 Å². The van der Waals surface area contributed by atoms with Gasteiger partial charge in [-0.25, -0.2) is 0 Å². The number of rotatable bonds is 7. The zero-order valence-corrected chi connectivity index (χ0v) is 46.7. The molecule has 18 aromatic rings. The summed E-state index contributed by atoms with van der Waals surface area (Å²) in [4.78, 5) is 0. The molecule has 0 aliphatic carbocycles. The highest BCUT2D eigenvalue weighted by Gasteiger charge is 2.26. The molecular formula is C84H50O2. The Hall–Kier alpha value is -11.3. The monoisotopic (exact) mass is 1090 g/mol. The van der Waals surface area contributed by atoms with Gasteiger partial charge in [0.15, 0.2) is 0 Å². The Morgan fingerprint density at radius 1 is 0.174 bits per heavy atom. The molecule has 0 radical (unpaired) electrons. The number of hydrogen-bond donors (Lipinski definition) is 0. The van der Waals surface area contributed by atoms with Crippen molar-refractivity contribution in [3.63, 3.8) is 0 Å². The fourth-order valence-electron chi connectivity index (χ4n) is 14.6. The van der Waals surface area contributed by atoms with Crippen LogP contribution in [0.4, 0.5) is 0 Å². The topological polar surface area (TPSA) is 26.3 Å². The van der Waals surface area contributed by atoms with Crippen molar-refractivity contribution in [3.05, 3.63) is 303 Å². The molecule has 0 fully saturated rings. The molecule has 2 heterocycles. The highest BCUT2D eigenvalue weighted by atomic mass is 16.3.